The highest BCUT2D eigenvalue weighted by atomic mass is 16.5. The number of rotatable bonds is 3. The number of aliphatic hydroxyl groups is 1. The molecule has 0 aliphatic carbocycles. The average molecular weight is 287 g/mol. The Morgan fingerprint density at radius 3 is 3.00 bits per heavy atom. The van der Waals surface area contributed by atoms with Gasteiger partial charge in [0.1, 0.15) is 6.10 Å². The van der Waals surface area contributed by atoms with Crippen molar-refractivity contribution in [2.75, 3.05) is 18.5 Å². The summed E-state index contributed by atoms with van der Waals surface area (Å²) in [5.41, 5.74) is 2.68. The van der Waals surface area contributed by atoms with Gasteiger partial charge >= 0.3 is 0 Å². The predicted molar refractivity (Wildman–Crippen MR) is 82.0 cm³/mol. The van der Waals surface area contributed by atoms with E-state index in [0.29, 0.717) is 13.0 Å². The van der Waals surface area contributed by atoms with Crippen LogP contribution in [-0.2, 0) is 9.53 Å². The van der Waals surface area contributed by atoms with Gasteiger partial charge in [0.2, 0.25) is 0 Å². The summed E-state index contributed by atoms with van der Waals surface area (Å²) in [6, 6.07) is 5.64. The molecule has 1 heterocycles. The van der Waals surface area contributed by atoms with Crippen LogP contribution in [0.4, 0.5) is 5.69 Å². The fourth-order valence-electron chi connectivity index (χ4n) is 2.27. The van der Waals surface area contributed by atoms with Crippen molar-refractivity contribution >= 4 is 11.6 Å². The van der Waals surface area contributed by atoms with Crippen molar-refractivity contribution in [3.8, 4) is 11.8 Å². The van der Waals surface area contributed by atoms with E-state index in [1.165, 1.54) is 0 Å². The number of amides is 1. The number of aliphatic hydroxyl groups excluding tert-OH is 1. The minimum absolute atomic E-state index is 0.0710. The molecule has 2 rings (SSSR count). The van der Waals surface area contributed by atoms with Gasteiger partial charge in [-0.25, -0.2) is 0 Å². The van der Waals surface area contributed by atoms with Crippen LogP contribution >= 0.6 is 0 Å². The average Bonchev–Trinajstić information content (AvgIpc) is 2.50. The Morgan fingerprint density at radius 1 is 1.48 bits per heavy atom. The minimum atomic E-state index is -0.330. The van der Waals surface area contributed by atoms with Gasteiger partial charge in [-0.05, 0) is 49.9 Å². The van der Waals surface area contributed by atoms with Crippen LogP contribution in [0.15, 0.2) is 18.2 Å². The first-order valence-corrected chi connectivity index (χ1v) is 7.33. The molecule has 1 unspecified atom stereocenters. The number of aryl methyl sites for hydroxylation is 1. The SMILES string of the molecule is Cc1cc(NC(=O)C2CCCCO2)ccc1C#CCCO. The van der Waals surface area contributed by atoms with E-state index in [4.69, 9.17) is 9.84 Å². The number of ether oxygens (including phenoxy) is 1. The van der Waals surface area contributed by atoms with Crippen molar-refractivity contribution in [3.63, 3.8) is 0 Å². The summed E-state index contributed by atoms with van der Waals surface area (Å²) >= 11 is 0. The molecular formula is C17H21NO3. The van der Waals surface area contributed by atoms with Gasteiger partial charge in [-0.3, -0.25) is 4.79 Å². The van der Waals surface area contributed by atoms with Crippen molar-refractivity contribution in [2.45, 2.75) is 38.7 Å². The Hall–Kier alpha value is -1.83. The van der Waals surface area contributed by atoms with Crippen molar-refractivity contribution in [1.82, 2.24) is 0 Å². The number of benzene rings is 1. The Bertz CT molecular complexity index is 551. The number of hydrogen-bond donors (Lipinski definition) is 2. The fourth-order valence-corrected chi connectivity index (χ4v) is 2.27. The largest absolute Gasteiger partial charge is 0.395 e. The molecule has 0 spiro atoms. The zero-order chi connectivity index (χ0) is 15.1. The first-order valence-electron chi connectivity index (χ1n) is 7.33. The molecule has 21 heavy (non-hydrogen) atoms. The van der Waals surface area contributed by atoms with Gasteiger partial charge in [0.25, 0.3) is 5.91 Å². The van der Waals surface area contributed by atoms with Crippen molar-refractivity contribution in [1.29, 1.82) is 0 Å². The summed E-state index contributed by atoms with van der Waals surface area (Å²) in [4.78, 5) is 12.1. The molecular weight excluding hydrogens is 266 g/mol. The highest BCUT2D eigenvalue weighted by molar-refractivity contribution is 5.94. The summed E-state index contributed by atoms with van der Waals surface area (Å²) < 4.78 is 5.47. The summed E-state index contributed by atoms with van der Waals surface area (Å²) in [6.07, 6.45) is 3.00. The number of carbonyl (C=O) groups is 1. The third kappa shape index (κ3) is 4.59. The van der Waals surface area contributed by atoms with E-state index in [9.17, 15) is 4.79 Å². The van der Waals surface area contributed by atoms with Crippen LogP contribution in [0.5, 0.6) is 0 Å². The highest BCUT2D eigenvalue weighted by Crippen LogP contribution is 2.18. The van der Waals surface area contributed by atoms with Gasteiger partial charge in [0.05, 0.1) is 6.61 Å². The second-order valence-corrected chi connectivity index (χ2v) is 5.15. The lowest BCUT2D eigenvalue weighted by atomic mass is 10.1. The number of hydrogen-bond acceptors (Lipinski definition) is 3. The van der Waals surface area contributed by atoms with Crippen LogP contribution in [0.2, 0.25) is 0 Å². The van der Waals surface area contributed by atoms with Gasteiger partial charge in [-0.1, -0.05) is 11.8 Å². The van der Waals surface area contributed by atoms with Crippen LogP contribution in [0.1, 0.15) is 36.8 Å². The normalized spacial score (nSPS) is 17.7. The van der Waals surface area contributed by atoms with E-state index >= 15 is 0 Å². The summed E-state index contributed by atoms with van der Waals surface area (Å²) in [5.74, 6) is 5.83. The lowest BCUT2D eigenvalue weighted by molar-refractivity contribution is -0.129. The predicted octanol–water partition coefficient (Wildman–Crippen LogP) is 2.24. The molecule has 1 fully saturated rings. The molecule has 0 saturated carbocycles. The van der Waals surface area contributed by atoms with Crippen LogP contribution < -0.4 is 5.32 Å². The Kier molecular flexibility index (Phi) is 5.79. The van der Waals surface area contributed by atoms with Crippen LogP contribution in [0.3, 0.4) is 0 Å². The maximum absolute atomic E-state index is 12.1. The molecule has 1 aromatic carbocycles. The minimum Gasteiger partial charge on any atom is -0.395 e. The zero-order valence-electron chi connectivity index (χ0n) is 12.3. The molecule has 1 atom stereocenters. The summed E-state index contributed by atoms with van der Waals surface area (Å²) in [6.45, 7) is 2.69. The molecule has 0 radical (unpaired) electrons. The fraction of sp³-hybridized carbons (Fsp3) is 0.471. The van der Waals surface area contributed by atoms with Gasteiger partial charge in [0.15, 0.2) is 0 Å². The zero-order valence-corrected chi connectivity index (χ0v) is 12.3. The highest BCUT2D eigenvalue weighted by Gasteiger charge is 2.21. The lowest BCUT2D eigenvalue weighted by Crippen LogP contribution is -2.33. The van der Waals surface area contributed by atoms with Crippen molar-refractivity contribution in [2.24, 2.45) is 0 Å². The van der Waals surface area contributed by atoms with Crippen LogP contribution in [-0.4, -0.2) is 30.3 Å². The van der Waals surface area contributed by atoms with Gasteiger partial charge in [0, 0.05) is 24.3 Å². The van der Waals surface area contributed by atoms with E-state index in [1.54, 1.807) is 0 Å². The Morgan fingerprint density at radius 2 is 2.33 bits per heavy atom. The molecule has 1 aliphatic heterocycles. The molecule has 2 N–H and O–H groups in total. The van der Waals surface area contributed by atoms with Crippen LogP contribution in [0, 0.1) is 18.8 Å². The van der Waals surface area contributed by atoms with E-state index < -0.39 is 0 Å². The number of carbonyl (C=O) groups excluding carboxylic acids is 1. The first kappa shape index (κ1) is 15.6. The summed E-state index contributed by atoms with van der Waals surface area (Å²) in [5, 5.41) is 11.6. The lowest BCUT2D eigenvalue weighted by Gasteiger charge is -2.21. The maximum Gasteiger partial charge on any atom is 0.253 e. The van der Waals surface area contributed by atoms with Crippen LogP contribution in [0.25, 0.3) is 0 Å². The Labute approximate surface area is 125 Å². The standard InChI is InChI=1S/C17H21NO3/c1-13-12-15(9-8-14(13)6-2-4-10-19)18-17(20)16-7-3-5-11-21-16/h8-9,12,16,19H,3-5,7,10-11H2,1H3,(H,18,20). The second-order valence-electron chi connectivity index (χ2n) is 5.15. The van der Waals surface area contributed by atoms with E-state index in [0.717, 1.165) is 36.1 Å². The molecule has 112 valence electrons. The topological polar surface area (TPSA) is 58.6 Å². The third-order valence-corrected chi connectivity index (χ3v) is 3.43. The molecule has 4 nitrogen and oxygen atoms in total. The smallest absolute Gasteiger partial charge is 0.253 e. The molecule has 1 saturated heterocycles. The van der Waals surface area contributed by atoms with Gasteiger partial charge in [-0.2, -0.15) is 0 Å². The Balaban J connectivity index is 1.99. The third-order valence-electron chi connectivity index (χ3n) is 3.43. The monoisotopic (exact) mass is 287 g/mol. The van der Waals surface area contributed by atoms with E-state index in [-0.39, 0.29) is 18.6 Å². The number of anilines is 1. The maximum atomic E-state index is 12.1. The number of nitrogens with one attached hydrogen (secondary N) is 1. The summed E-state index contributed by atoms with van der Waals surface area (Å²) in [7, 11) is 0. The quantitative estimate of drug-likeness (QED) is 0.838. The second kappa shape index (κ2) is 7.82. The molecule has 1 aromatic rings. The molecule has 0 bridgehead atoms. The van der Waals surface area contributed by atoms with Crippen molar-refractivity contribution in [3.05, 3.63) is 29.3 Å². The molecule has 4 heteroatoms. The first-order chi connectivity index (χ1) is 10.2. The molecule has 0 aromatic heterocycles. The van der Waals surface area contributed by atoms with E-state index in [2.05, 4.69) is 17.2 Å². The molecule has 1 aliphatic rings. The van der Waals surface area contributed by atoms with E-state index in [1.807, 2.05) is 25.1 Å². The van der Waals surface area contributed by atoms with Gasteiger partial charge in [-0.15, -0.1) is 0 Å². The molecule has 1 amide bonds. The van der Waals surface area contributed by atoms with Gasteiger partial charge < -0.3 is 15.2 Å². The van der Waals surface area contributed by atoms with Crippen molar-refractivity contribution < 1.29 is 14.6 Å².